The Morgan fingerprint density at radius 2 is 2.40 bits per heavy atom. The van der Waals surface area contributed by atoms with E-state index in [0.717, 1.165) is 0 Å². The van der Waals surface area contributed by atoms with Crippen LogP contribution in [-0.4, -0.2) is 38.7 Å². The fourth-order valence-electron chi connectivity index (χ4n) is 2.39. The minimum absolute atomic E-state index is 0.0829. The van der Waals surface area contributed by atoms with Crippen LogP contribution < -0.4 is 5.32 Å². The zero-order valence-electron chi connectivity index (χ0n) is 10.6. The van der Waals surface area contributed by atoms with Gasteiger partial charge in [0.05, 0.1) is 12.3 Å². The Balaban J connectivity index is 2.04. The third-order valence-corrected chi connectivity index (χ3v) is 3.79. The van der Waals surface area contributed by atoms with Crippen molar-refractivity contribution < 1.29 is 19.1 Å². The van der Waals surface area contributed by atoms with Crippen molar-refractivity contribution in [2.45, 2.75) is 25.0 Å². The lowest BCUT2D eigenvalue weighted by molar-refractivity contribution is 0.106. The molecule has 1 saturated carbocycles. The summed E-state index contributed by atoms with van der Waals surface area (Å²) in [5.41, 5.74) is 0.327. The number of nitriles is 1. The summed E-state index contributed by atoms with van der Waals surface area (Å²) in [4.78, 5) is 16.6. The van der Waals surface area contributed by atoms with E-state index in [9.17, 15) is 9.67 Å². The van der Waals surface area contributed by atoms with Gasteiger partial charge in [0.15, 0.2) is 0 Å². The highest BCUT2D eigenvalue weighted by atomic mass is 31.1. The average Bonchev–Trinajstić information content (AvgIpc) is 2.80. The largest absolute Gasteiger partial charge is 0.396 e. The molecular formula is C11H15N4O4P. The van der Waals surface area contributed by atoms with Crippen molar-refractivity contribution >= 4 is 14.1 Å². The van der Waals surface area contributed by atoms with Gasteiger partial charge in [-0.15, -0.1) is 0 Å². The second-order valence-corrected chi connectivity index (χ2v) is 5.34. The summed E-state index contributed by atoms with van der Waals surface area (Å²) in [6, 6.07) is 1.90. The van der Waals surface area contributed by atoms with Gasteiger partial charge in [-0.25, -0.2) is 9.97 Å². The average molecular weight is 298 g/mol. The molecule has 1 fully saturated rings. The lowest BCUT2D eigenvalue weighted by atomic mass is 10.1. The summed E-state index contributed by atoms with van der Waals surface area (Å²) in [6.45, 7) is -0.118. The van der Waals surface area contributed by atoms with Crippen molar-refractivity contribution in [2.24, 2.45) is 5.92 Å². The summed E-state index contributed by atoms with van der Waals surface area (Å²) in [7, 11) is -3.03. The van der Waals surface area contributed by atoms with Gasteiger partial charge in [-0.05, 0) is 12.8 Å². The van der Waals surface area contributed by atoms with Crippen molar-refractivity contribution in [1.29, 1.82) is 5.26 Å². The Labute approximate surface area is 116 Å². The molecule has 0 aliphatic heterocycles. The molecule has 1 aliphatic carbocycles. The molecule has 2 rings (SSSR count). The topological polar surface area (TPSA) is 128 Å². The van der Waals surface area contributed by atoms with Gasteiger partial charge in [-0.2, -0.15) is 5.26 Å². The van der Waals surface area contributed by atoms with Crippen LogP contribution >= 0.6 is 8.25 Å². The van der Waals surface area contributed by atoms with Crippen molar-refractivity contribution in [2.75, 3.05) is 11.9 Å². The summed E-state index contributed by atoms with van der Waals surface area (Å²) in [6.07, 6.45) is 3.32. The second kappa shape index (κ2) is 6.77. The second-order valence-electron chi connectivity index (χ2n) is 4.57. The molecule has 1 aromatic rings. The summed E-state index contributed by atoms with van der Waals surface area (Å²) >= 11 is 0. The summed E-state index contributed by atoms with van der Waals surface area (Å²) < 4.78 is 15.7. The molecular weight excluding hydrogens is 283 g/mol. The number of aliphatic hydroxyl groups excluding tert-OH is 1. The van der Waals surface area contributed by atoms with Crippen LogP contribution in [0.2, 0.25) is 0 Å². The number of anilines is 1. The van der Waals surface area contributed by atoms with E-state index in [1.54, 1.807) is 0 Å². The lowest BCUT2D eigenvalue weighted by Gasteiger charge is -2.15. The van der Waals surface area contributed by atoms with Gasteiger partial charge in [0.2, 0.25) is 0 Å². The van der Waals surface area contributed by atoms with Gasteiger partial charge in [0, 0.05) is 18.6 Å². The standard InChI is InChI=1S/C11H15N4O4P/c12-3-8-4-13-6-14-11(8)15-9-1-7(5-16)10(2-9)19-20(17)18/h4,6-7,9-10,16,20H,1-2,5H2,(H,17,18)(H,13,14,15)/t7-,9-,10+/m1/s1. The molecule has 1 aromatic heterocycles. The first-order valence-electron chi connectivity index (χ1n) is 6.11. The number of hydrogen-bond acceptors (Lipinski definition) is 7. The molecule has 3 N–H and O–H groups in total. The zero-order valence-corrected chi connectivity index (χ0v) is 11.6. The molecule has 1 heterocycles. The fraction of sp³-hybridized carbons (Fsp3) is 0.545. The van der Waals surface area contributed by atoms with Gasteiger partial charge in [-0.3, -0.25) is 4.57 Å². The normalized spacial score (nSPS) is 26.9. The van der Waals surface area contributed by atoms with E-state index in [4.69, 9.17) is 14.7 Å². The zero-order chi connectivity index (χ0) is 14.5. The molecule has 0 amide bonds. The van der Waals surface area contributed by atoms with Crippen LogP contribution in [0, 0.1) is 17.2 Å². The smallest absolute Gasteiger partial charge is 0.316 e. The highest BCUT2D eigenvalue weighted by Crippen LogP contribution is 2.35. The predicted octanol–water partition coefficient (Wildman–Crippen LogP) is 0.298. The minimum Gasteiger partial charge on any atom is -0.396 e. The highest BCUT2D eigenvalue weighted by Gasteiger charge is 2.36. The minimum atomic E-state index is -3.03. The van der Waals surface area contributed by atoms with Crippen LogP contribution in [0.25, 0.3) is 0 Å². The lowest BCUT2D eigenvalue weighted by Crippen LogP contribution is -2.19. The third kappa shape index (κ3) is 3.52. The Hall–Kier alpha value is -1.52. The number of nitrogens with one attached hydrogen (secondary N) is 1. The van der Waals surface area contributed by atoms with E-state index in [-0.39, 0.29) is 18.6 Å². The third-order valence-electron chi connectivity index (χ3n) is 3.29. The van der Waals surface area contributed by atoms with Gasteiger partial charge >= 0.3 is 8.25 Å². The molecule has 8 nitrogen and oxygen atoms in total. The van der Waals surface area contributed by atoms with Crippen molar-refractivity contribution in [3.05, 3.63) is 18.1 Å². The SMILES string of the molecule is N#Cc1cncnc1N[C@@H]1C[C@H](CO)[C@@H](O[PH](=O)O)C1. The number of aliphatic hydroxyl groups is 1. The molecule has 0 aromatic carbocycles. The van der Waals surface area contributed by atoms with E-state index in [1.807, 2.05) is 6.07 Å². The van der Waals surface area contributed by atoms with Crippen molar-refractivity contribution in [3.63, 3.8) is 0 Å². The fourth-order valence-corrected chi connectivity index (χ4v) is 2.94. The summed E-state index contributed by atoms with van der Waals surface area (Å²) in [5.74, 6) is 0.211. The molecule has 0 bridgehead atoms. The quantitative estimate of drug-likeness (QED) is 0.662. The van der Waals surface area contributed by atoms with Crippen LogP contribution in [0.4, 0.5) is 5.82 Å². The van der Waals surface area contributed by atoms with E-state index >= 15 is 0 Å². The van der Waals surface area contributed by atoms with E-state index in [0.29, 0.717) is 24.2 Å². The number of aromatic nitrogens is 2. The number of nitrogens with zero attached hydrogens (tertiary/aromatic N) is 3. The van der Waals surface area contributed by atoms with Crippen LogP contribution in [0.5, 0.6) is 0 Å². The Morgan fingerprint density at radius 3 is 3.05 bits per heavy atom. The molecule has 1 unspecified atom stereocenters. The maximum Gasteiger partial charge on any atom is 0.316 e. The Morgan fingerprint density at radius 1 is 1.60 bits per heavy atom. The molecule has 0 spiro atoms. The van der Waals surface area contributed by atoms with Gasteiger partial charge in [0.1, 0.15) is 23.8 Å². The molecule has 9 heteroatoms. The predicted molar refractivity (Wildman–Crippen MR) is 70.1 cm³/mol. The first kappa shape index (κ1) is 14.9. The molecule has 0 saturated heterocycles. The molecule has 1 aliphatic rings. The van der Waals surface area contributed by atoms with Crippen molar-refractivity contribution in [1.82, 2.24) is 9.97 Å². The first-order chi connectivity index (χ1) is 9.63. The number of hydrogen-bond donors (Lipinski definition) is 3. The Bertz CT molecular complexity index is 535. The van der Waals surface area contributed by atoms with E-state index in [1.165, 1.54) is 12.5 Å². The van der Waals surface area contributed by atoms with Crippen LogP contribution in [0.1, 0.15) is 18.4 Å². The van der Waals surface area contributed by atoms with E-state index in [2.05, 4.69) is 15.3 Å². The Kier molecular flexibility index (Phi) is 5.04. The molecule has 20 heavy (non-hydrogen) atoms. The molecule has 108 valence electrons. The van der Waals surface area contributed by atoms with Crippen LogP contribution in [0.3, 0.4) is 0 Å². The van der Waals surface area contributed by atoms with Crippen molar-refractivity contribution in [3.8, 4) is 6.07 Å². The van der Waals surface area contributed by atoms with E-state index < -0.39 is 14.4 Å². The first-order valence-corrected chi connectivity index (χ1v) is 7.37. The molecule has 0 radical (unpaired) electrons. The van der Waals surface area contributed by atoms with Gasteiger partial charge in [0.25, 0.3) is 0 Å². The molecule has 4 atom stereocenters. The van der Waals surface area contributed by atoms with Crippen LogP contribution in [-0.2, 0) is 9.09 Å². The number of rotatable bonds is 5. The maximum atomic E-state index is 10.8. The maximum absolute atomic E-state index is 10.8. The van der Waals surface area contributed by atoms with Gasteiger partial charge in [-0.1, -0.05) is 0 Å². The highest BCUT2D eigenvalue weighted by molar-refractivity contribution is 7.32. The monoisotopic (exact) mass is 298 g/mol. The van der Waals surface area contributed by atoms with Crippen LogP contribution in [0.15, 0.2) is 12.5 Å². The summed E-state index contributed by atoms with van der Waals surface area (Å²) in [5, 5.41) is 21.3. The van der Waals surface area contributed by atoms with Gasteiger partial charge < -0.3 is 19.8 Å².